The van der Waals surface area contributed by atoms with Crippen molar-refractivity contribution in [3.63, 3.8) is 0 Å². The fraction of sp³-hybridized carbons (Fsp3) is 0.125. The van der Waals surface area contributed by atoms with Crippen molar-refractivity contribution in [3.05, 3.63) is 116 Å². The zero-order valence-electron chi connectivity index (χ0n) is 17.0. The summed E-state index contributed by atoms with van der Waals surface area (Å²) in [4.78, 5) is 37.8. The largest absolute Gasteiger partial charge is 0.331 e. The van der Waals surface area contributed by atoms with Crippen LogP contribution in [-0.4, -0.2) is 20.2 Å². The molecule has 1 heterocycles. The molecule has 0 fully saturated rings. The Morgan fingerprint density at radius 1 is 0.906 bits per heavy atom. The van der Waals surface area contributed by atoms with Crippen molar-refractivity contribution in [3.8, 4) is 0 Å². The quantitative estimate of drug-likeness (QED) is 0.361. The number of hydroxylamine groups is 1. The fourth-order valence-corrected chi connectivity index (χ4v) is 3.63. The summed E-state index contributed by atoms with van der Waals surface area (Å²) in [5.41, 5.74) is 2.65. The minimum Gasteiger partial charge on any atom is -0.289 e. The summed E-state index contributed by atoms with van der Waals surface area (Å²) in [5.74, 6) is -1.21. The molecule has 4 aromatic rings. The molecule has 32 heavy (non-hydrogen) atoms. The third-order valence-corrected chi connectivity index (χ3v) is 5.31. The third kappa shape index (κ3) is 4.21. The average molecular weight is 433 g/mol. The van der Waals surface area contributed by atoms with Crippen molar-refractivity contribution in [2.24, 2.45) is 0 Å². The second-order valence-electron chi connectivity index (χ2n) is 7.36. The van der Waals surface area contributed by atoms with E-state index >= 15 is 0 Å². The molecular formula is C24H20FN3O4. The number of hydrogen-bond acceptors (Lipinski definition) is 4. The van der Waals surface area contributed by atoms with Gasteiger partial charge in [-0.25, -0.2) is 14.7 Å². The van der Waals surface area contributed by atoms with Crippen LogP contribution in [0.15, 0.2) is 82.4 Å². The molecule has 0 saturated carbocycles. The molecule has 0 radical (unpaired) electrons. The molecule has 7 nitrogen and oxygen atoms in total. The van der Waals surface area contributed by atoms with E-state index in [1.54, 1.807) is 17.6 Å². The van der Waals surface area contributed by atoms with Crippen LogP contribution in [0.2, 0.25) is 0 Å². The van der Waals surface area contributed by atoms with Gasteiger partial charge in [-0.3, -0.25) is 23.9 Å². The van der Waals surface area contributed by atoms with E-state index in [9.17, 15) is 18.8 Å². The van der Waals surface area contributed by atoms with E-state index in [-0.39, 0.29) is 29.6 Å². The second-order valence-corrected chi connectivity index (χ2v) is 7.36. The van der Waals surface area contributed by atoms with Gasteiger partial charge < -0.3 is 0 Å². The molecule has 0 saturated heterocycles. The highest BCUT2D eigenvalue weighted by molar-refractivity contribution is 5.93. The molecular weight excluding hydrogens is 413 g/mol. The van der Waals surface area contributed by atoms with Crippen molar-refractivity contribution in [2.75, 3.05) is 0 Å². The van der Waals surface area contributed by atoms with Gasteiger partial charge in [0.25, 0.3) is 11.5 Å². The van der Waals surface area contributed by atoms with Gasteiger partial charge in [0, 0.05) is 12.1 Å². The number of aromatic nitrogens is 2. The number of aryl methyl sites for hydroxylation is 1. The molecule has 2 N–H and O–H groups in total. The summed E-state index contributed by atoms with van der Waals surface area (Å²) < 4.78 is 16.5. The van der Waals surface area contributed by atoms with Crippen LogP contribution in [0, 0.1) is 5.82 Å². The SMILES string of the molecule is O=C(NO)c1ccc(Cn2c(=O)n(CCc3ccccc3)c(=O)c3ccc(F)cc32)cc1. The van der Waals surface area contributed by atoms with Crippen molar-refractivity contribution < 1.29 is 14.4 Å². The number of carbonyl (C=O) groups is 1. The van der Waals surface area contributed by atoms with Crippen LogP contribution >= 0.6 is 0 Å². The van der Waals surface area contributed by atoms with Crippen LogP contribution in [0.1, 0.15) is 21.5 Å². The number of carbonyl (C=O) groups excluding carboxylic acids is 1. The Morgan fingerprint density at radius 3 is 2.31 bits per heavy atom. The molecule has 4 rings (SSSR count). The van der Waals surface area contributed by atoms with Crippen LogP contribution in [0.25, 0.3) is 10.9 Å². The van der Waals surface area contributed by atoms with Crippen molar-refractivity contribution in [1.29, 1.82) is 0 Å². The van der Waals surface area contributed by atoms with Crippen LogP contribution in [0.5, 0.6) is 0 Å². The monoisotopic (exact) mass is 433 g/mol. The van der Waals surface area contributed by atoms with Gasteiger partial charge in [0.15, 0.2) is 0 Å². The van der Waals surface area contributed by atoms with Crippen molar-refractivity contribution in [1.82, 2.24) is 14.6 Å². The Kier molecular flexibility index (Phi) is 5.96. The standard InChI is InChI=1S/C24H20FN3O4/c25-19-10-11-20-21(14-19)28(15-17-6-8-18(9-7-17)22(29)26-32)24(31)27(23(20)30)13-12-16-4-2-1-3-5-16/h1-11,14,32H,12-13,15H2,(H,26,29). The van der Waals surface area contributed by atoms with Crippen LogP contribution in [0.3, 0.4) is 0 Å². The topological polar surface area (TPSA) is 93.3 Å². The van der Waals surface area contributed by atoms with Gasteiger partial charge in [-0.15, -0.1) is 0 Å². The number of hydrogen-bond donors (Lipinski definition) is 2. The Morgan fingerprint density at radius 2 is 1.62 bits per heavy atom. The minimum atomic E-state index is -0.657. The normalized spacial score (nSPS) is 10.9. The number of nitrogens with one attached hydrogen (secondary N) is 1. The van der Waals surface area contributed by atoms with E-state index in [1.165, 1.54) is 39.5 Å². The first-order valence-corrected chi connectivity index (χ1v) is 9.98. The number of halogens is 1. The van der Waals surface area contributed by atoms with Gasteiger partial charge in [0.1, 0.15) is 5.82 Å². The Balaban J connectivity index is 1.78. The summed E-state index contributed by atoms with van der Waals surface area (Å²) in [5, 5.41) is 9.00. The Bertz CT molecular complexity index is 1390. The molecule has 0 atom stereocenters. The smallest absolute Gasteiger partial charge is 0.289 e. The lowest BCUT2D eigenvalue weighted by atomic mass is 10.1. The van der Waals surface area contributed by atoms with Crippen molar-refractivity contribution in [2.45, 2.75) is 19.5 Å². The van der Waals surface area contributed by atoms with Crippen LogP contribution in [0.4, 0.5) is 4.39 Å². The molecule has 0 unspecified atom stereocenters. The molecule has 0 aliphatic carbocycles. The van der Waals surface area contributed by atoms with Crippen LogP contribution in [-0.2, 0) is 19.5 Å². The minimum absolute atomic E-state index is 0.0748. The number of nitrogens with zero attached hydrogens (tertiary/aromatic N) is 2. The summed E-state index contributed by atoms with van der Waals surface area (Å²) in [6.45, 7) is 0.260. The molecule has 0 spiro atoms. The highest BCUT2D eigenvalue weighted by Gasteiger charge is 2.15. The molecule has 0 bridgehead atoms. The van der Waals surface area contributed by atoms with Gasteiger partial charge in [-0.05, 0) is 47.9 Å². The van der Waals surface area contributed by atoms with E-state index in [0.717, 1.165) is 5.56 Å². The Hall–Kier alpha value is -4.04. The predicted molar refractivity (Wildman–Crippen MR) is 117 cm³/mol. The first kappa shape index (κ1) is 21.2. The van der Waals surface area contributed by atoms with E-state index in [1.807, 2.05) is 30.3 Å². The van der Waals surface area contributed by atoms with E-state index < -0.39 is 23.0 Å². The van der Waals surface area contributed by atoms with Crippen LogP contribution < -0.4 is 16.7 Å². The zero-order chi connectivity index (χ0) is 22.7. The Labute approximate surface area is 181 Å². The molecule has 0 aliphatic rings. The highest BCUT2D eigenvalue weighted by Crippen LogP contribution is 2.14. The number of rotatable bonds is 6. The number of amides is 1. The van der Waals surface area contributed by atoms with Gasteiger partial charge in [-0.1, -0.05) is 42.5 Å². The van der Waals surface area contributed by atoms with E-state index in [2.05, 4.69) is 0 Å². The van der Waals surface area contributed by atoms with Gasteiger partial charge in [0.2, 0.25) is 0 Å². The summed E-state index contributed by atoms with van der Waals surface area (Å²) >= 11 is 0. The van der Waals surface area contributed by atoms with Gasteiger partial charge >= 0.3 is 5.69 Å². The zero-order valence-corrected chi connectivity index (χ0v) is 17.0. The van der Waals surface area contributed by atoms with E-state index in [4.69, 9.17) is 5.21 Å². The molecule has 0 aliphatic heterocycles. The van der Waals surface area contributed by atoms with Gasteiger partial charge in [-0.2, -0.15) is 0 Å². The lowest BCUT2D eigenvalue weighted by Gasteiger charge is -2.15. The average Bonchev–Trinajstić information content (AvgIpc) is 2.82. The molecule has 162 valence electrons. The number of fused-ring (bicyclic) bond motifs is 1. The third-order valence-electron chi connectivity index (χ3n) is 5.31. The summed E-state index contributed by atoms with van der Waals surface area (Å²) in [6.07, 6.45) is 0.494. The highest BCUT2D eigenvalue weighted by atomic mass is 19.1. The molecule has 1 aromatic heterocycles. The molecule has 1 amide bonds. The fourth-order valence-electron chi connectivity index (χ4n) is 3.63. The summed E-state index contributed by atoms with van der Waals surface area (Å²) in [7, 11) is 0. The maximum atomic E-state index is 14.0. The maximum absolute atomic E-state index is 14.0. The maximum Gasteiger partial charge on any atom is 0.331 e. The number of benzene rings is 3. The van der Waals surface area contributed by atoms with E-state index in [0.29, 0.717) is 12.0 Å². The molecule has 3 aromatic carbocycles. The first-order chi connectivity index (χ1) is 15.5. The molecule has 8 heteroatoms. The van der Waals surface area contributed by atoms with Crippen molar-refractivity contribution >= 4 is 16.8 Å². The lowest BCUT2D eigenvalue weighted by Crippen LogP contribution is -2.40. The van der Waals surface area contributed by atoms with Gasteiger partial charge in [0.05, 0.1) is 17.4 Å². The predicted octanol–water partition coefficient (Wildman–Crippen LogP) is 2.71. The first-order valence-electron chi connectivity index (χ1n) is 9.98. The summed E-state index contributed by atoms with van der Waals surface area (Å²) in [6, 6.07) is 19.5. The lowest BCUT2D eigenvalue weighted by molar-refractivity contribution is 0.0706. The second kappa shape index (κ2) is 8.99.